The van der Waals surface area contributed by atoms with E-state index in [9.17, 15) is 8.42 Å². The molecule has 0 aromatic carbocycles. The summed E-state index contributed by atoms with van der Waals surface area (Å²) in [5.74, 6) is 1.20. The van der Waals surface area contributed by atoms with Gasteiger partial charge in [0.15, 0.2) is 0 Å². The van der Waals surface area contributed by atoms with Crippen molar-refractivity contribution in [3.8, 4) is 0 Å². The first-order chi connectivity index (χ1) is 8.66. The molecular formula is C12H24N2O3S. The van der Waals surface area contributed by atoms with Crippen LogP contribution in [0.1, 0.15) is 25.7 Å². The summed E-state index contributed by atoms with van der Waals surface area (Å²) in [4.78, 5) is 0. The highest BCUT2D eigenvalue weighted by atomic mass is 32.2. The lowest BCUT2D eigenvalue weighted by Gasteiger charge is -2.22. The van der Waals surface area contributed by atoms with Gasteiger partial charge in [-0.05, 0) is 50.6 Å². The molecule has 0 spiro atoms. The fourth-order valence-electron chi connectivity index (χ4n) is 2.55. The number of hydrogen-bond acceptors (Lipinski definition) is 4. The number of nitrogens with one attached hydrogen (secondary N) is 2. The lowest BCUT2D eigenvalue weighted by atomic mass is 9.96. The Morgan fingerprint density at radius 2 is 1.94 bits per heavy atom. The van der Waals surface area contributed by atoms with Crippen LogP contribution in [0, 0.1) is 11.8 Å². The Kier molecular flexibility index (Phi) is 5.41. The van der Waals surface area contributed by atoms with E-state index in [2.05, 4.69) is 10.0 Å². The van der Waals surface area contributed by atoms with Crippen LogP contribution in [0.15, 0.2) is 0 Å². The first-order valence-corrected chi connectivity index (χ1v) is 8.57. The maximum atomic E-state index is 11.9. The minimum atomic E-state index is -3.09. The Balaban J connectivity index is 1.66. The summed E-state index contributed by atoms with van der Waals surface area (Å²) in [6, 6.07) is 0. The predicted octanol–water partition coefficient (Wildman–Crippen LogP) is 0.332. The van der Waals surface area contributed by atoms with Crippen LogP contribution in [-0.2, 0) is 14.8 Å². The van der Waals surface area contributed by atoms with E-state index in [0.29, 0.717) is 25.0 Å². The molecule has 0 saturated carbocycles. The molecule has 0 aromatic heterocycles. The van der Waals surface area contributed by atoms with Crippen molar-refractivity contribution in [1.82, 2.24) is 10.0 Å². The van der Waals surface area contributed by atoms with Crippen molar-refractivity contribution in [2.45, 2.75) is 25.7 Å². The summed E-state index contributed by atoms with van der Waals surface area (Å²) < 4.78 is 31.7. The van der Waals surface area contributed by atoms with Crippen molar-refractivity contribution in [2.24, 2.45) is 11.8 Å². The van der Waals surface area contributed by atoms with Crippen LogP contribution in [0.5, 0.6) is 0 Å². The van der Waals surface area contributed by atoms with Crippen LogP contribution in [0.3, 0.4) is 0 Å². The highest BCUT2D eigenvalue weighted by Gasteiger charge is 2.20. The zero-order valence-corrected chi connectivity index (χ0v) is 11.7. The molecule has 2 aliphatic heterocycles. The third kappa shape index (κ3) is 4.84. The lowest BCUT2D eigenvalue weighted by Crippen LogP contribution is -2.33. The number of sulfonamides is 1. The summed E-state index contributed by atoms with van der Waals surface area (Å²) >= 11 is 0. The molecule has 2 rings (SSSR count). The van der Waals surface area contributed by atoms with Gasteiger partial charge in [0.25, 0.3) is 0 Å². The Hall–Kier alpha value is -0.170. The van der Waals surface area contributed by atoms with Crippen LogP contribution in [0.4, 0.5) is 0 Å². The van der Waals surface area contributed by atoms with Crippen molar-refractivity contribution in [3.05, 3.63) is 0 Å². The summed E-state index contributed by atoms with van der Waals surface area (Å²) in [5, 5.41) is 3.30. The Morgan fingerprint density at radius 1 is 1.17 bits per heavy atom. The first kappa shape index (κ1) is 14.2. The van der Waals surface area contributed by atoms with E-state index in [4.69, 9.17) is 4.74 Å². The molecule has 0 radical (unpaired) electrons. The van der Waals surface area contributed by atoms with Gasteiger partial charge in [-0.25, -0.2) is 13.1 Å². The van der Waals surface area contributed by atoms with E-state index >= 15 is 0 Å². The SMILES string of the molecule is O=S(=O)(CCC1CCNCC1)NCC1CCOC1. The molecule has 0 aliphatic carbocycles. The molecule has 1 unspecified atom stereocenters. The van der Waals surface area contributed by atoms with Crippen molar-refractivity contribution in [2.75, 3.05) is 38.6 Å². The zero-order chi connectivity index (χ0) is 12.8. The molecule has 1 atom stereocenters. The molecule has 106 valence electrons. The molecule has 2 fully saturated rings. The van der Waals surface area contributed by atoms with E-state index in [1.807, 2.05) is 0 Å². The highest BCUT2D eigenvalue weighted by molar-refractivity contribution is 7.89. The summed E-state index contributed by atoms with van der Waals surface area (Å²) in [5.41, 5.74) is 0. The van der Waals surface area contributed by atoms with Crippen LogP contribution in [-0.4, -0.2) is 47.0 Å². The summed E-state index contributed by atoms with van der Waals surface area (Å²) in [6.07, 6.45) is 3.97. The van der Waals surface area contributed by atoms with Crippen molar-refractivity contribution in [3.63, 3.8) is 0 Å². The second-order valence-electron chi connectivity index (χ2n) is 5.38. The number of hydrogen-bond donors (Lipinski definition) is 2. The average molecular weight is 276 g/mol. The molecule has 0 bridgehead atoms. The molecular weight excluding hydrogens is 252 g/mol. The van der Waals surface area contributed by atoms with E-state index in [1.54, 1.807) is 0 Å². The molecule has 5 nitrogen and oxygen atoms in total. The van der Waals surface area contributed by atoms with E-state index < -0.39 is 10.0 Å². The van der Waals surface area contributed by atoms with Gasteiger partial charge in [0.05, 0.1) is 12.4 Å². The van der Waals surface area contributed by atoms with E-state index in [-0.39, 0.29) is 5.75 Å². The summed E-state index contributed by atoms with van der Waals surface area (Å²) in [7, 11) is -3.09. The van der Waals surface area contributed by atoms with Gasteiger partial charge in [0.2, 0.25) is 10.0 Å². The standard InChI is InChI=1S/C12H24N2O3S/c15-18(16,14-9-12-3-7-17-10-12)8-4-11-1-5-13-6-2-11/h11-14H,1-10H2. The van der Waals surface area contributed by atoms with Gasteiger partial charge in [0, 0.05) is 13.2 Å². The van der Waals surface area contributed by atoms with Crippen LogP contribution >= 0.6 is 0 Å². The second-order valence-corrected chi connectivity index (χ2v) is 7.31. The first-order valence-electron chi connectivity index (χ1n) is 6.91. The topological polar surface area (TPSA) is 67.4 Å². The maximum absolute atomic E-state index is 11.9. The molecule has 2 saturated heterocycles. The Morgan fingerprint density at radius 3 is 2.61 bits per heavy atom. The monoisotopic (exact) mass is 276 g/mol. The third-order valence-corrected chi connectivity index (χ3v) is 5.25. The quantitative estimate of drug-likeness (QED) is 0.734. The Bertz CT molecular complexity index is 333. The van der Waals surface area contributed by atoms with Crippen LogP contribution in [0.25, 0.3) is 0 Å². The molecule has 0 amide bonds. The van der Waals surface area contributed by atoms with E-state index in [0.717, 1.165) is 45.4 Å². The third-order valence-electron chi connectivity index (χ3n) is 3.87. The predicted molar refractivity (Wildman–Crippen MR) is 70.9 cm³/mol. The lowest BCUT2D eigenvalue weighted by molar-refractivity contribution is 0.186. The van der Waals surface area contributed by atoms with Gasteiger partial charge >= 0.3 is 0 Å². The summed E-state index contributed by atoms with van der Waals surface area (Å²) in [6.45, 7) is 4.04. The fourth-order valence-corrected chi connectivity index (χ4v) is 3.83. The normalized spacial score (nSPS) is 26.6. The van der Waals surface area contributed by atoms with Gasteiger partial charge < -0.3 is 10.1 Å². The van der Waals surface area contributed by atoms with Crippen molar-refractivity contribution >= 4 is 10.0 Å². The number of piperidine rings is 1. The van der Waals surface area contributed by atoms with Gasteiger partial charge in [-0.1, -0.05) is 0 Å². The highest BCUT2D eigenvalue weighted by Crippen LogP contribution is 2.17. The van der Waals surface area contributed by atoms with Gasteiger partial charge in [-0.3, -0.25) is 0 Å². The smallest absolute Gasteiger partial charge is 0.211 e. The second kappa shape index (κ2) is 6.84. The van der Waals surface area contributed by atoms with Crippen LogP contribution in [0.2, 0.25) is 0 Å². The molecule has 2 N–H and O–H groups in total. The van der Waals surface area contributed by atoms with E-state index in [1.165, 1.54) is 0 Å². The maximum Gasteiger partial charge on any atom is 0.211 e. The molecule has 2 heterocycles. The fraction of sp³-hybridized carbons (Fsp3) is 1.00. The van der Waals surface area contributed by atoms with Crippen LogP contribution < -0.4 is 10.0 Å². The minimum Gasteiger partial charge on any atom is -0.381 e. The van der Waals surface area contributed by atoms with Gasteiger partial charge in [0.1, 0.15) is 0 Å². The average Bonchev–Trinajstić information content (AvgIpc) is 2.89. The van der Waals surface area contributed by atoms with Gasteiger partial charge in [-0.15, -0.1) is 0 Å². The zero-order valence-electron chi connectivity index (χ0n) is 10.9. The molecule has 2 aliphatic rings. The van der Waals surface area contributed by atoms with Crippen molar-refractivity contribution in [1.29, 1.82) is 0 Å². The molecule has 6 heteroatoms. The minimum absolute atomic E-state index is 0.269. The molecule has 18 heavy (non-hydrogen) atoms. The largest absolute Gasteiger partial charge is 0.381 e. The number of rotatable bonds is 6. The van der Waals surface area contributed by atoms with Gasteiger partial charge in [-0.2, -0.15) is 0 Å². The number of ether oxygens (including phenoxy) is 1. The van der Waals surface area contributed by atoms with Crippen molar-refractivity contribution < 1.29 is 13.2 Å². The Labute approximate surface area is 110 Å². The molecule has 0 aromatic rings.